The van der Waals surface area contributed by atoms with Gasteiger partial charge in [-0.1, -0.05) is 0 Å². The van der Waals surface area contributed by atoms with Crippen molar-refractivity contribution in [3.8, 4) is 17.2 Å². The van der Waals surface area contributed by atoms with E-state index in [0.717, 1.165) is 4.31 Å². The highest BCUT2D eigenvalue weighted by Gasteiger charge is 2.29. The van der Waals surface area contributed by atoms with E-state index in [2.05, 4.69) is 20.0 Å². The van der Waals surface area contributed by atoms with Crippen molar-refractivity contribution in [2.75, 3.05) is 41.7 Å². The van der Waals surface area contributed by atoms with Crippen molar-refractivity contribution < 1.29 is 35.8 Å². The van der Waals surface area contributed by atoms with Gasteiger partial charge in [-0.2, -0.15) is 0 Å². The lowest BCUT2D eigenvalue weighted by Crippen LogP contribution is -2.38. The van der Waals surface area contributed by atoms with E-state index in [9.17, 15) is 21.6 Å². The van der Waals surface area contributed by atoms with Crippen LogP contribution in [0.15, 0.2) is 82.6 Å². The van der Waals surface area contributed by atoms with Gasteiger partial charge in [0.25, 0.3) is 20.0 Å². The molecule has 15 heteroatoms. The fourth-order valence-electron chi connectivity index (χ4n) is 4.29. The molecule has 2 N–H and O–H groups in total. The third-order valence-electron chi connectivity index (χ3n) is 6.32. The summed E-state index contributed by atoms with van der Waals surface area (Å²) in [5, 5.41) is 2.63. The maximum absolute atomic E-state index is 13.9. The van der Waals surface area contributed by atoms with Crippen LogP contribution in [-0.2, 0) is 24.8 Å². The molecule has 0 bridgehead atoms. The number of hydrogen-bond donors (Lipinski definition) is 2. The number of amides is 1. The van der Waals surface area contributed by atoms with Gasteiger partial charge in [-0.15, -0.1) is 0 Å². The van der Waals surface area contributed by atoms with Gasteiger partial charge in [0.05, 0.1) is 36.3 Å². The molecular weight excluding hydrogens is 622 g/mol. The monoisotopic (exact) mass is 655 g/mol. The summed E-state index contributed by atoms with van der Waals surface area (Å²) in [7, 11) is -5.49. The number of benzene rings is 3. The van der Waals surface area contributed by atoms with Crippen LogP contribution in [0, 0.1) is 13.8 Å². The fourth-order valence-corrected chi connectivity index (χ4v) is 6.67. The third-order valence-corrected chi connectivity index (χ3v) is 9.44. The van der Waals surface area contributed by atoms with Crippen molar-refractivity contribution in [3.05, 3.63) is 84.2 Å². The van der Waals surface area contributed by atoms with Gasteiger partial charge in [-0.05, 0) is 87.5 Å². The number of hydrogen-bond acceptors (Lipinski definition) is 10. The van der Waals surface area contributed by atoms with E-state index < -0.39 is 32.5 Å². The minimum absolute atomic E-state index is 0.0602. The summed E-state index contributed by atoms with van der Waals surface area (Å²) < 4.78 is 72.8. The van der Waals surface area contributed by atoms with Crippen LogP contribution in [0.25, 0.3) is 0 Å². The van der Waals surface area contributed by atoms with Crippen LogP contribution in [0.3, 0.4) is 0 Å². The molecule has 0 saturated heterocycles. The van der Waals surface area contributed by atoms with Crippen LogP contribution < -0.4 is 28.6 Å². The molecule has 4 aromatic rings. The van der Waals surface area contributed by atoms with Crippen LogP contribution in [0.1, 0.15) is 18.3 Å². The van der Waals surface area contributed by atoms with Crippen molar-refractivity contribution >= 4 is 43.3 Å². The number of anilines is 3. The van der Waals surface area contributed by atoms with Crippen molar-refractivity contribution in [1.82, 2.24) is 9.97 Å². The first-order chi connectivity index (χ1) is 21.4. The predicted molar refractivity (Wildman–Crippen MR) is 169 cm³/mol. The number of nitrogens with zero attached hydrogens (tertiary/aromatic N) is 3. The molecule has 45 heavy (non-hydrogen) atoms. The predicted octanol–water partition coefficient (Wildman–Crippen LogP) is 4.14. The Labute approximate surface area is 262 Å². The number of aryl methyl sites for hydroxylation is 2. The maximum atomic E-state index is 13.9. The van der Waals surface area contributed by atoms with Gasteiger partial charge in [-0.3, -0.25) is 9.10 Å². The van der Waals surface area contributed by atoms with E-state index in [1.54, 1.807) is 32.0 Å². The first kappa shape index (κ1) is 33.0. The second-order valence-corrected chi connectivity index (χ2v) is 13.2. The number of carbonyl (C=O) groups is 1. The summed E-state index contributed by atoms with van der Waals surface area (Å²) in [6, 6.07) is 17.5. The number of nitrogens with one attached hydrogen (secondary N) is 2. The van der Waals surface area contributed by atoms with Gasteiger partial charge in [0.2, 0.25) is 11.9 Å². The third kappa shape index (κ3) is 7.99. The molecule has 0 aliphatic rings. The van der Waals surface area contributed by atoms with E-state index in [-0.39, 0.29) is 32.9 Å². The van der Waals surface area contributed by atoms with E-state index >= 15 is 0 Å². The summed E-state index contributed by atoms with van der Waals surface area (Å²) in [6.07, 6.45) is 0. The molecule has 0 fully saturated rings. The first-order valence-electron chi connectivity index (χ1n) is 13.6. The van der Waals surface area contributed by atoms with Gasteiger partial charge < -0.3 is 19.5 Å². The molecule has 13 nitrogen and oxygen atoms in total. The molecule has 3 aromatic carbocycles. The van der Waals surface area contributed by atoms with Crippen molar-refractivity contribution in [2.24, 2.45) is 0 Å². The Morgan fingerprint density at radius 1 is 0.800 bits per heavy atom. The summed E-state index contributed by atoms with van der Waals surface area (Å²) in [5.41, 5.74) is 1.66. The molecule has 0 spiro atoms. The molecule has 0 radical (unpaired) electrons. The van der Waals surface area contributed by atoms with Crippen molar-refractivity contribution in [1.29, 1.82) is 0 Å². The standard InChI is InChI=1S/C30H33N5O8S2/c1-6-43-24-11-9-23(10-12-24)35(45(39,40)26-15-16-27(41-4)28(18-26)42-5)19-29(36)33-22-7-13-25(14-8-22)44(37,38)34-30-31-20(2)17-21(3)32-30/h7-18H,6,19H2,1-5H3,(H,33,36)(H,31,32,34). The smallest absolute Gasteiger partial charge is 0.264 e. The van der Waals surface area contributed by atoms with Crippen molar-refractivity contribution in [3.63, 3.8) is 0 Å². The highest BCUT2D eigenvalue weighted by molar-refractivity contribution is 7.93. The minimum atomic E-state index is -4.29. The maximum Gasteiger partial charge on any atom is 0.264 e. The average molecular weight is 656 g/mol. The normalized spacial score (nSPS) is 11.4. The Balaban J connectivity index is 1.57. The SMILES string of the molecule is CCOc1ccc(N(CC(=O)Nc2ccc(S(=O)(=O)Nc3nc(C)cc(C)n3)cc2)S(=O)(=O)c2ccc(OC)c(OC)c2)cc1. The van der Waals surface area contributed by atoms with Crippen molar-refractivity contribution in [2.45, 2.75) is 30.6 Å². The van der Waals surface area contributed by atoms with Crippen LogP contribution in [0.2, 0.25) is 0 Å². The molecular formula is C30H33N5O8S2. The zero-order valence-electron chi connectivity index (χ0n) is 25.3. The van der Waals surface area contributed by atoms with Crippen LogP contribution in [0.4, 0.5) is 17.3 Å². The summed E-state index contributed by atoms with van der Waals surface area (Å²) >= 11 is 0. The molecule has 4 rings (SSSR count). The lowest BCUT2D eigenvalue weighted by Gasteiger charge is -2.25. The highest BCUT2D eigenvalue weighted by Crippen LogP contribution is 2.33. The van der Waals surface area contributed by atoms with Gasteiger partial charge in [0.15, 0.2) is 11.5 Å². The summed E-state index contributed by atoms with van der Waals surface area (Å²) in [5.74, 6) is 0.329. The molecule has 0 aliphatic heterocycles. The van der Waals surface area contributed by atoms with Crippen LogP contribution in [0.5, 0.6) is 17.2 Å². The largest absolute Gasteiger partial charge is 0.494 e. The van der Waals surface area contributed by atoms with Gasteiger partial charge in [0.1, 0.15) is 12.3 Å². The van der Waals surface area contributed by atoms with Gasteiger partial charge in [-0.25, -0.2) is 31.5 Å². The Hall–Kier alpha value is -4.89. The number of methoxy groups -OCH3 is 2. The molecule has 1 aromatic heterocycles. The zero-order chi connectivity index (χ0) is 32.8. The summed E-state index contributed by atoms with van der Waals surface area (Å²) in [4.78, 5) is 21.2. The Bertz CT molecular complexity index is 1860. The molecule has 1 heterocycles. The lowest BCUT2D eigenvalue weighted by atomic mass is 10.3. The molecule has 0 atom stereocenters. The van der Waals surface area contributed by atoms with E-state index in [1.165, 1.54) is 68.8 Å². The zero-order valence-corrected chi connectivity index (χ0v) is 26.9. The van der Waals surface area contributed by atoms with E-state index in [0.29, 0.717) is 29.5 Å². The topological polar surface area (TPSA) is 166 Å². The Morgan fingerprint density at radius 2 is 1.40 bits per heavy atom. The quantitative estimate of drug-likeness (QED) is 0.214. The molecule has 1 amide bonds. The number of sulfonamides is 2. The summed E-state index contributed by atoms with van der Waals surface area (Å²) in [6.45, 7) is 5.09. The number of carbonyl (C=O) groups excluding carboxylic acids is 1. The lowest BCUT2D eigenvalue weighted by molar-refractivity contribution is -0.114. The average Bonchev–Trinajstić information content (AvgIpc) is 2.99. The Kier molecular flexibility index (Phi) is 10.1. The molecule has 238 valence electrons. The van der Waals surface area contributed by atoms with E-state index in [1.807, 2.05) is 6.92 Å². The highest BCUT2D eigenvalue weighted by atomic mass is 32.2. The van der Waals surface area contributed by atoms with Gasteiger partial charge in [0, 0.05) is 23.1 Å². The molecule has 0 unspecified atom stereocenters. The molecule has 0 aliphatic carbocycles. The fraction of sp³-hybridized carbons (Fsp3) is 0.233. The van der Waals surface area contributed by atoms with Gasteiger partial charge >= 0.3 is 0 Å². The van der Waals surface area contributed by atoms with Crippen LogP contribution in [-0.4, -0.2) is 60.1 Å². The second kappa shape index (κ2) is 13.8. The Morgan fingerprint density at radius 3 is 1.98 bits per heavy atom. The number of aromatic nitrogens is 2. The minimum Gasteiger partial charge on any atom is -0.494 e. The number of rotatable bonds is 13. The second-order valence-electron chi connectivity index (χ2n) is 9.61. The number of ether oxygens (including phenoxy) is 3. The van der Waals surface area contributed by atoms with E-state index in [4.69, 9.17) is 14.2 Å². The first-order valence-corrected chi connectivity index (χ1v) is 16.5. The molecule has 0 saturated carbocycles. The van der Waals surface area contributed by atoms with Crippen LogP contribution >= 0.6 is 0 Å².